The van der Waals surface area contributed by atoms with Crippen LogP contribution in [-0.4, -0.2) is 50.4 Å². The molecule has 1 atom stereocenters. The maximum Gasteiger partial charge on any atom is 0.317 e. The molecule has 0 spiro atoms. The predicted octanol–water partition coefficient (Wildman–Crippen LogP) is 1.84. The number of benzene rings is 1. The number of aromatic nitrogens is 1. The molecule has 2 aromatic rings. The second kappa shape index (κ2) is 8.53. The molecule has 1 saturated heterocycles. The van der Waals surface area contributed by atoms with Crippen molar-refractivity contribution in [2.24, 2.45) is 4.99 Å². The number of hydrazine groups is 1. The van der Waals surface area contributed by atoms with Crippen molar-refractivity contribution in [3.8, 4) is 5.75 Å². The Bertz CT molecular complexity index is 917. The molecule has 2 N–H and O–H groups in total. The molecule has 1 aliphatic heterocycles. The van der Waals surface area contributed by atoms with E-state index in [1.807, 2.05) is 0 Å². The van der Waals surface area contributed by atoms with Crippen LogP contribution in [0.2, 0.25) is 0 Å². The lowest BCUT2D eigenvalue weighted by Gasteiger charge is -2.30. The highest BCUT2D eigenvalue weighted by Gasteiger charge is 2.37. The van der Waals surface area contributed by atoms with E-state index in [0.29, 0.717) is 17.0 Å². The van der Waals surface area contributed by atoms with Crippen LogP contribution in [-0.2, 0) is 9.59 Å². The van der Waals surface area contributed by atoms with Gasteiger partial charge in [0.05, 0.1) is 19.2 Å². The SMILES string of the molecule is COc1ccc(N=C2SC(C(=O)O)CC(=O)N2NC(=O)c2ccncc2)cc1. The van der Waals surface area contributed by atoms with E-state index in [0.717, 1.165) is 16.8 Å². The van der Waals surface area contributed by atoms with Gasteiger partial charge in [-0.3, -0.25) is 24.8 Å². The van der Waals surface area contributed by atoms with Crippen LogP contribution in [0.4, 0.5) is 5.69 Å². The Kier molecular flexibility index (Phi) is 5.90. The zero-order chi connectivity index (χ0) is 20.1. The first-order valence-electron chi connectivity index (χ1n) is 8.14. The molecule has 9 nitrogen and oxygen atoms in total. The van der Waals surface area contributed by atoms with E-state index in [4.69, 9.17) is 4.74 Å². The van der Waals surface area contributed by atoms with Crippen LogP contribution in [0.25, 0.3) is 0 Å². The lowest BCUT2D eigenvalue weighted by Crippen LogP contribution is -2.53. The van der Waals surface area contributed by atoms with Crippen LogP contribution in [0.1, 0.15) is 16.8 Å². The Labute approximate surface area is 164 Å². The molecule has 144 valence electrons. The Morgan fingerprint density at radius 2 is 1.93 bits per heavy atom. The highest BCUT2D eigenvalue weighted by atomic mass is 32.2. The largest absolute Gasteiger partial charge is 0.497 e. The summed E-state index contributed by atoms with van der Waals surface area (Å²) in [6.45, 7) is 0. The minimum absolute atomic E-state index is 0.0659. The van der Waals surface area contributed by atoms with Crippen molar-refractivity contribution < 1.29 is 24.2 Å². The first-order chi connectivity index (χ1) is 13.5. The second-order valence-electron chi connectivity index (χ2n) is 5.65. The first kappa shape index (κ1) is 19.4. The van der Waals surface area contributed by atoms with Crippen LogP contribution in [0.5, 0.6) is 5.75 Å². The number of carbonyl (C=O) groups excluding carboxylic acids is 2. The summed E-state index contributed by atoms with van der Waals surface area (Å²) in [7, 11) is 1.53. The molecule has 2 amide bonds. The summed E-state index contributed by atoms with van der Waals surface area (Å²) in [5.41, 5.74) is 3.26. The number of nitrogens with one attached hydrogen (secondary N) is 1. The van der Waals surface area contributed by atoms with Crippen LogP contribution >= 0.6 is 11.8 Å². The maximum atomic E-state index is 12.5. The van der Waals surface area contributed by atoms with Gasteiger partial charge >= 0.3 is 5.97 Å². The van der Waals surface area contributed by atoms with Gasteiger partial charge in [-0.25, -0.2) is 4.99 Å². The summed E-state index contributed by atoms with van der Waals surface area (Å²) in [5.74, 6) is -1.60. The maximum absolute atomic E-state index is 12.5. The summed E-state index contributed by atoms with van der Waals surface area (Å²) >= 11 is 0.891. The Morgan fingerprint density at radius 3 is 2.54 bits per heavy atom. The molecule has 0 saturated carbocycles. The summed E-state index contributed by atoms with van der Waals surface area (Å²) in [6.07, 6.45) is 2.64. The van der Waals surface area contributed by atoms with E-state index in [1.165, 1.54) is 31.6 Å². The average Bonchev–Trinajstić information content (AvgIpc) is 2.71. The summed E-state index contributed by atoms with van der Waals surface area (Å²) in [6, 6.07) is 9.68. The highest BCUT2D eigenvalue weighted by Crippen LogP contribution is 2.28. The number of ether oxygens (including phenoxy) is 1. The number of nitrogens with zero attached hydrogens (tertiary/aromatic N) is 3. The lowest BCUT2D eigenvalue weighted by molar-refractivity contribution is -0.139. The first-order valence-corrected chi connectivity index (χ1v) is 9.02. The van der Waals surface area contributed by atoms with Crippen molar-refractivity contribution in [2.45, 2.75) is 11.7 Å². The van der Waals surface area contributed by atoms with Crippen molar-refractivity contribution in [3.05, 3.63) is 54.4 Å². The minimum atomic E-state index is -1.12. The van der Waals surface area contributed by atoms with Crippen molar-refractivity contribution in [3.63, 3.8) is 0 Å². The molecule has 0 radical (unpaired) electrons. The fourth-order valence-corrected chi connectivity index (χ4v) is 3.33. The molecule has 1 aliphatic rings. The van der Waals surface area contributed by atoms with Gasteiger partial charge in [-0.05, 0) is 36.4 Å². The number of hydrogen-bond acceptors (Lipinski definition) is 7. The zero-order valence-corrected chi connectivity index (χ0v) is 15.5. The monoisotopic (exact) mass is 400 g/mol. The van der Waals surface area contributed by atoms with E-state index in [-0.39, 0.29) is 11.6 Å². The third-order valence-electron chi connectivity index (χ3n) is 3.78. The van der Waals surface area contributed by atoms with Gasteiger partial charge in [0.2, 0.25) is 5.91 Å². The Balaban J connectivity index is 1.89. The molecule has 28 heavy (non-hydrogen) atoms. The van der Waals surface area contributed by atoms with Crippen molar-refractivity contribution in [1.82, 2.24) is 15.4 Å². The highest BCUT2D eigenvalue weighted by molar-refractivity contribution is 8.15. The van der Waals surface area contributed by atoms with Crippen molar-refractivity contribution in [2.75, 3.05) is 7.11 Å². The average molecular weight is 400 g/mol. The number of rotatable bonds is 5. The number of hydrogen-bond donors (Lipinski definition) is 2. The van der Waals surface area contributed by atoms with Crippen molar-refractivity contribution in [1.29, 1.82) is 0 Å². The van der Waals surface area contributed by atoms with Gasteiger partial charge in [0.1, 0.15) is 11.0 Å². The molecule has 0 bridgehead atoms. The molecule has 3 rings (SSSR count). The van der Waals surface area contributed by atoms with E-state index in [9.17, 15) is 19.5 Å². The minimum Gasteiger partial charge on any atom is -0.497 e. The molecule has 10 heteroatoms. The molecule has 1 aromatic carbocycles. The fraction of sp³-hybridized carbons (Fsp3) is 0.167. The van der Waals surface area contributed by atoms with Crippen LogP contribution in [0.15, 0.2) is 53.8 Å². The quantitative estimate of drug-likeness (QED) is 0.785. The molecule has 1 unspecified atom stereocenters. The summed E-state index contributed by atoms with van der Waals surface area (Å²) in [5, 5.41) is 9.36. The molecule has 0 aliphatic carbocycles. The van der Waals surface area contributed by atoms with Gasteiger partial charge in [0, 0.05) is 18.0 Å². The van der Waals surface area contributed by atoms with Gasteiger partial charge in [0.15, 0.2) is 5.17 Å². The normalized spacial score (nSPS) is 18.0. The molecule has 2 heterocycles. The van der Waals surface area contributed by atoms with Crippen molar-refractivity contribution >= 4 is 40.4 Å². The van der Waals surface area contributed by atoms with E-state index < -0.39 is 23.0 Å². The molecule has 1 fully saturated rings. The van der Waals surface area contributed by atoms with Crippen LogP contribution in [0, 0.1) is 0 Å². The number of aliphatic carboxylic acids is 1. The second-order valence-corrected chi connectivity index (χ2v) is 6.82. The van der Waals surface area contributed by atoms with Gasteiger partial charge in [-0.15, -0.1) is 0 Å². The molecule has 1 aromatic heterocycles. The summed E-state index contributed by atoms with van der Waals surface area (Å²) in [4.78, 5) is 44.5. The van der Waals surface area contributed by atoms with Gasteiger partial charge in [-0.1, -0.05) is 11.8 Å². The number of carboxylic acid groups (broad SMARTS) is 1. The third kappa shape index (κ3) is 4.46. The van der Waals surface area contributed by atoms with Gasteiger partial charge in [-0.2, -0.15) is 5.01 Å². The number of aliphatic imine (C=N–C) groups is 1. The number of pyridine rings is 1. The third-order valence-corrected chi connectivity index (χ3v) is 4.91. The number of amidine groups is 1. The lowest BCUT2D eigenvalue weighted by atomic mass is 10.2. The van der Waals surface area contributed by atoms with Crippen LogP contribution < -0.4 is 10.2 Å². The smallest absolute Gasteiger partial charge is 0.317 e. The molecular formula is C18H16N4O5S. The van der Waals surface area contributed by atoms with E-state index >= 15 is 0 Å². The van der Waals surface area contributed by atoms with Gasteiger partial charge in [0.25, 0.3) is 5.91 Å². The van der Waals surface area contributed by atoms with Crippen LogP contribution in [0.3, 0.4) is 0 Å². The Hall–Kier alpha value is -3.40. The summed E-state index contributed by atoms with van der Waals surface area (Å²) < 4.78 is 5.09. The van der Waals surface area contributed by atoms with E-state index in [1.54, 1.807) is 24.3 Å². The Morgan fingerprint density at radius 1 is 1.25 bits per heavy atom. The predicted molar refractivity (Wildman–Crippen MR) is 102 cm³/mol. The number of carbonyl (C=O) groups is 3. The standard InChI is InChI=1S/C18H16N4O5S/c1-27-13-4-2-12(3-5-13)20-18-22(15(23)10-14(28-18)17(25)26)21-16(24)11-6-8-19-9-7-11/h2-9,14H,10H2,1H3,(H,21,24)(H,25,26). The fourth-order valence-electron chi connectivity index (χ4n) is 2.34. The number of amides is 2. The van der Waals surface area contributed by atoms with E-state index in [2.05, 4.69) is 15.4 Å². The number of thioether (sulfide) groups is 1. The van der Waals surface area contributed by atoms with Gasteiger partial charge < -0.3 is 9.84 Å². The topological polar surface area (TPSA) is 121 Å². The number of methoxy groups -OCH3 is 1. The zero-order valence-electron chi connectivity index (χ0n) is 14.7. The number of carboxylic acids is 1. The molecular weight excluding hydrogens is 384 g/mol.